The summed E-state index contributed by atoms with van der Waals surface area (Å²) in [7, 11) is 0. The van der Waals surface area contributed by atoms with Crippen LogP contribution in [0, 0.1) is 12.8 Å². The molecule has 3 atom stereocenters. The smallest absolute Gasteiger partial charge is 0.328 e. The van der Waals surface area contributed by atoms with Gasteiger partial charge in [0, 0.05) is 12.5 Å². The fraction of sp³-hybridized carbons (Fsp3) is 0.400. The van der Waals surface area contributed by atoms with Gasteiger partial charge in [0.1, 0.15) is 24.4 Å². The highest BCUT2D eigenvalue weighted by atomic mass is 16.5. The number of aliphatic carboxylic acids is 1. The van der Waals surface area contributed by atoms with E-state index in [-0.39, 0.29) is 30.6 Å². The van der Waals surface area contributed by atoms with E-state index in [2.05, 4.69) is 10.6 Å². The third-order valence-electron chi connectivity index (χ3n) is 5.37. The van der Waals surface area contributed by atoms with E-state index >= 15 is 0 Å². The van der Waals surface area contributed by atoms with Crippen LogP contribution in [-0.2, 0) is 16.0 Å². The Morgan fingerprint density at radius 1 is 1.03 bits per heavy atom. The Morgan fingerprint density at radius 3 is 2.29 bits per heavy atom. The quantitative estimate of drug-likeness (QED) is 0.313. The van der Waals surface area contributed by atoms with Crippen LogP contribution < -0.4 is 21.1 Å². The van der Waals surface area contributed by atoms with E-state index in [9.17, 15) is 19.5 Å². The van der Waals surface area contributed by atoms with Gasteiger partial charge in [-0.05, 0) is 36.1 Å². The maximum atomic E-state index is 13.2. The summed E-state index contributed by atoms with van der Waals surface area (Å²) in [5.41, 5.74) is 7.95. The molecule has 9 nitrogen and oxygen atoms in total. The van der Waals surface area contributed by atoms with E-state index in [1.165, 1.54) is 0 Å². The molecule has 0 spiro atoms. The number of carbonyl (C=O) groups is 3. The van der Waals surface area contributed by atoms with Gasteiger partial charge < -0.3 is 31.3 Å². The molecule has 2 amide bonds. The number of carboxylic acids is 1. The zero-order valence-electron chi connectivity index (χ0n) is 19.7. The highest BCUT2D eigenvalue weighted by Gasteiger charge is 2.27. The Balaban J connectivity index is 2.27. The molecule has 0 aromatic heterocycles. The Bertz CT molecular complexity index is 980. The van der Waals surface area contributed by atoms with Gasteiger partial charge in [-0.3, -0.25) is 9.59 Å². The van der Waals surface area contributed by atoms with Gasteiger partial charge in [0.25, 0.3) is 5.91 Å². The topological polar surface area (TPSA) is 151 Å². The predicted molar refractivity (Wildman–Crippen MR) is 128 cm³/mol. The van der Waals surface area contributed by atoms with E-state index in [1.807, 2.05) is 26.8 Å². The molecule has 2 aromatic rings. The summed E-state index contributed by atoms with van der Waals surface area (Å²) >= 11 is 0. The highest BCUT2D eigenvalue weighted by Crippen LogP contribution is 2.21. The number of aryl methyl sites for hydroxylation is 1. The number of hydrogen-bond acceptors (Lipinski definition) is 6. The standard InChI is InChI=1S/C25H33N3O6/c1-15(2)19(26)14-34-22-11-16(3)9-10-18(22)23(30)27-20(12-17-7-5-4-6-8-17)24(31)28-21(13-29)25(32)33/h4-11,15,19-21,29H,12-14,26H2,1-3H3,(H,27,30)(H,28,31)(H,32,33)/t19-,20+,21+/m1/s1. The fourth-order valence-electron chi connectivity index (χ4n) is 3.07. The Kier molecular flexibility index (Phi) is 10.0. The molecule has 0 aliphatic carbocycles. The van der Waals surface area contributed by atoms with Crippen molar-refractivity contribution in [1.82, 2.24) is 10.6 Å². The minimum atomic E-state index is -1.49. The second kappa shape index (κ2) is 12.7. The predicted octanol–water partition coefficient (Wildman–Crippen LogP) is 1.26. The number of benzene rings is 2. The number of nitrogens with two attached hydrogens (primary N) is 1. The number of rotatable bonds is 12. The van der Waals surface area contributed by atoms with Crippen molar-refractivity contribution >= 4 is 17.8 Å². The van der Waals surface area contributed by atoms with Gasteiger partial charge in [0.15, 0.2) is 0 Å². The Morgan fingerprint density at radius 2 is 1.71 bits per heavy atom. The van der Waals surface area contributed by atoms with Crippen molar-refractivity contribution in [2.24, 2.45) is 11.7 Å². The molecule has 184 valence electrons. The average Bonchev–Trinajstić information content (AvgIpc) is 2.80. The summed E-state index contributed by atoms with van der Waals surface area (Å²) in [6.45, 7) is 5.25. The average molecular weight is 472 g/mol. The van der Waals surface area contributed by atoms with Gasteiger partial charge in [-0.2, -0.15) is 0 Å². The van der Waals surface area contributed by atoms with E-state index in [4.69, 9.17) is 15.6 Å². The van der Waals surface area contributed by atoms with Crippen LogP contribution >= 0.6 is 0 Å². The van der Waals surface area contributed by atoms with Gasteiger partial charge in [0.2, 0.25) is 5.91 Å². The van der Waals surface area contributed by atoms with Crippen LogP contribution in [0.4, 0.5) is 0 Å². The molecule has 9 heteroatoms. The third kappa shape index (κ3) is 7.86. The largest absolute Gasteiger partial charge is 0.491 e. The molecule has 34 heavy (non-hydrogen) atoms. The van der Waals surface area contributed by atoms with Crippen molar-refractivity contribution in [2.45, 2.75) is 45.3 Å². The minimum Gasteiger partial charge on any atom is -0.491 e. The second-order valence-electron chi connectivity index (χ2n) is 8.52. The monoisotopic (exact) mass is 471 g/mol. The number of amides is 2. The normalized spacial score (nSPS) is 13.6. The summed E-state index contributed by atoms with van der Waals surface area (Å²) in [4.78, 5) is 37.3. The number of hydrogen-bond donors (Lipinski definition) is 5. The summed E-state index contributed by atoms with van der Waals surface area (Å²) in [5, 5.41) is 23.4. The third-order valence-corrected chi connectivity index (χ3v) is 5.37. The molecule has 0 radical (unpaired) electrons. The summed E-state index contributed by atoms with van der Waals surface area (Å²) in [5.74, 6) is -2.13. The molecular weight excluding hydrogens is 438 g/mol. The summed E-state index contributed by atoms with van der Waals surface area (Å²) in [6, 6.07) is 11.3. The number of nitrogens with one attached hydrogen (secondary N) is 2. The first-order chi connectivity index (χ1) is 16.1. The summed E-state index contributed by atoms with van der Waals surface area (Å²) in [6.07, 6.45) is 0.121. The number of carboxylic acid groups (broad SMARTS) is 1. The molecule has 0 aliphatic heterocycles. The molecule has 2 aromatic carbocycles. The lowest BCUT2D eigenvalue weighted by Crippen LogP contribution is -2.53. The van der Waals surface area contributed by atoms with Crippen molar-refractivity contribution in [3.63, 3.8) is 0 Å². The zero-order chi connectivity index (χ0) is 25.3. The number of aliphatic hydroxyl groups excluding tert-OH is 1. The molecule has 2 rings (SSSR count). The first-order valence-corrected chi connectivity index (χ1v) is 11.1. The van der Waals surface area contributed by atoms with Crippen LogP contribution in [-0.4, -0.2) is 59.3 Å². The highest BCUT2D eigenvalue weighted by molar-refractivity contribution is 6.00. The van der Waals surface area contributed by atoms with Gasteiger partial charge in [-0.15, -0.1) is 0 Å². The van der Waals surface area contributed by atoms with E-state index in [0.717, 1.165) is 11.1 Å². The van der Waals surface area contributed by atoms with E-state index in [1.54, 1.807) is 42.5 Å². The minimum absolute atomic E-state index is 0.121. The SMILES string of the molecule is Cc1ccc(C(=O)N[C@@H](Cc2ccccc2)C(=O)N[C@@H](CO)C(=O)O)c(OC[C@@H](N)C(C)C)c1. The zero-order valence-corrected chi connectivity index (χ0v) is 19.7. The lowest BCUT2D eigenvalue weighted by molar-refractivity contribution is -0.143. The molecule has 6 N–H and O–H groups in total. The van der Waals surface area contributed by atoms with Crippen LogP contribution in [0.2, 0.25) is 0 Å². The number of carbonyl (C=O) groups excluding carboxylic acids is 2. The molecule has 0 saturated carbocycles. The van der Waals surface area contributed by atoms with Crippen molar-refractivity contribution in [3.05, 3.63) is 65.2 Å². The van der Waals surface area contributed by atoms with Crippen molar-refractivity contribution in [3.8, 4) is 5.75 Å². The van der Waals surface area contributed by atoms with Crippen molar-refractivity contribution < 1.29 is 29.3 Å². The van der Waals surface area contributed by atoms with E-state index in [0.29, 0.717) is 5.75 Å². The maximum Gasteiger partial charge on any atom is 0.328 e. The van der Waals surface area contributed by atoms with Crippen LogP contribution in [0.1, 0.15) is 35.3 Å². The molecule has 0 unspecified atom stereocenters. The fourth-order valence-corrected chi connectivity index (χ4v) is 3.07. The van der Waals surface area contributed by atoms with Crippen molar-refractivity contribution in [2.75, 3.05) is 13.2 Å². The molecular formula is C25H33N3O6. The van der Waals surface area contributed by atoms with Gasteiger partial charge >= 0.3 is 5.97 Å². The molecule has 0 saturated heterocycles. The molecule has 0 fully saturated rings. The maximum absolute atomic E-state index is 13.2. The van der Waals surface area contributed by atoms with Crippen LogP contribution in [0.15, 0.2) is 48.5 Å². The lowest BCUT2D eigenvalue weighted by atomic mass is 10.0. The van der Waals surface area contributed by atoms with E-state index < -0.39 is 36.5 Å². The second-order valence-corrected chi connectivity index (χ2v) is 8.52. The van der Waals surface area contributed by atoms with Crippen LogP contribution in [0.3, 0.4) is 0 Å². The Labute approximate surface area is 199 Å². The van der Waals surface area contributed by atoms with Crippen LogP contribution in [0.25, 0.3) is 0 Å². The van der Waals surface area contributed by atoms with Gasteiger partial charge in [-0.25, -0.2) is 4.79 Å². The Hall–Kier alpha value is -3.43. The van der Waals surface area contributed by atoms with Gasteiger partial charge in [0.05, 0.1) is 12.2 Å². The molecule has 0 heterocycles. The first kappa shape index (κ1) is 26.8. The molecule has 0 aliphatic rings. The lowest BCUT2D eigenvalue weighted by Gasteiger charge is -2.22. The van der Waals surface area contributed by atoms with Gasteiger partial charge in [-0.1, -0.05) is 50.2 Å². The summed E-state index contributed by atoms with van der Waals surface area (Å²) < 4.78 is 5.84. The van der Waals surface area contributed by atoms with Crippen molar-refractivity contribution in [1.29, 1.82) is 0 Å². The molecule has 0 bridgehead atoms. The number of aliphatic hydroxyl groups is 1. The first-order valence-electron chi connectivity index (χ1n) is 11.1. The number of ether oxygens (including phenoxy) is 1. The van der Waals surface area contributed by atoms with Crippen LogP contribution in [0.5, 0.6) is 5.75 Å².